The molecule has 0 aliphatic rings. The minimum absolute atomic E-state index is 0.217. The van der Waals surface area contributed by atoms with Gasteiger partial charge in [0.25, 0.3) is 0 Å². The zero-order valence-corrected chi connectivity index (χ0v) is 6.82. The SMILES string of the molecule is O=[C]Oc1cccc(Cl)c1Cl. The van der Waals surface area contributed by atoms with E-state index in [0.29, 0.717) is 5.02 Å². The molecule has 4 heteroatoms. The van der Waals surface area contributed by atoms with E-state index in [4.69, 9.17) is 23.2 Å². The monoisotopic (exact) mass is 189 g/mol. The summed E-state index contributed by atoms with van der Waals surface area (Å²) in [6.07, 6.45) is 0. The van der Waals surface area contributed by atoms with Crippen molar-refractivity contribution in [3.63, 3.8) is 0 Å². The molecule has 0 fully saturated rings. The lowest BCUT2D eigenvalue weighted by Gasteiger charge is -1.99. The number of benzene rings is 1. The second kappa shape index (κ2) is 3.60. The van der Waals surface area contributed by atoms with E-state index in [-0.39, 0.29) is 10.8 Å². The van der Waals surface area contributed by atoms with Gasteiger partial charge in [0.05, 0.1) is 5.02 Å². The van der Waals surface area contributed by atoms with Crippen LogP contribution in [0.25, 0.3) is 0 Å². The molecule has 0 saturated heterocycles. The lowest BCUT2D eigenvalue weighted by molar-refractivity contribution is 0.443. The maximum Gasteiger partial charge on any atom is 0.423 e. The summed E-state index contributed by atoms with van der Waals surface area (Å²) in [5, 5.41) is 0.567. The van der Waals surface area contributed by atoms with Gasteiger partial charge in [0, 0.05) is 0 Å². The third-order valence-corrected chi connectivity index (χ3v) is 1.87. The lowest BCUT2D eigenvalue weighted by Crippen LogP contribution is -1.88. The van der Waals surface area contributed by atoms with E-state index in [0.717, 1.165) is 0 Å². The Labute approximate surface area is 73.7 Å². The minimum atomic E-state index is 0.217. The average molecular weight is 190 g/mol. The lowest BCUT2D eigenvalue weighted by atomic mass is 10.3. The normalized spacial score (nSPS) is 9.27. The fourth-order valence-electron chi connectivity index (χ4n) is 0.608. The Bertz CT molecular complexity index is 273. The van der Waals surface area contributed by atoms with Crippen LogP contribution >= 0.6 is 23.2 Å². The number of carbonyl (C=O) groups excluding carboxylic acids is 1. The van der Waals surface area contributed by atoms with Crippen LogP contribution < -0.4 is 4.74 Å². The largest absolute Gasteiger partial charge is 0.423 e. The van der Waals surface area contributed by atoms with Gasteiger partial charge in [-0.1, -0.05) is 29.3 Å². The van der Waals surface area contributed by atoms with E-state index >= 15 is 0 Å². The van der Waals surface area contributed by atoms with Crippen LogP contribution in [0.15, 0.2) is 18.2 Å². The Morgan fingerprint density at radius 1 is 1.36 bits per heavy atom. The van der Waals surface area contributed by atoms with Crippen LogP contribution in [0.5, 0.6) is 5.75 Å². The van der Waals surface area contributed by atoms with Gasteiger partial charge in [-0.25, -0.2) is 4.79 Å². The van der Waals surface area contributed by atoms with Gasteiger partial charge in [-0.05, 0) is 12.1 Å². The molecule has 1 radical (unpaired) electrons. The van der Waals surface area contributed by atoms with Crippen molar-refractivity contribution >= 4 is 29.7 Å². The first-order chi connectivity index (χ1) is 5.25. The Kier molecular flexibility index (Phi) is 2.74. The standard InChI is InChI=1S/C7H3Cl2O2/c8-5-2-1-3-6(7(5)9)11-4-10/h1-3H. The van der Waals surface area contributed by atoms with Gasteiger partial charge in [0.2, 0.25) is 0 Å². The van der Waals surface area contributed by atoms with Crippen molar-refractivity contribution in [2.75, 3.05) is 0 Å². The van der Waals surface area contributed by atoms with Crippen molar-refractivity contribution in [3.8, 4) is 5.75 Å². The third kappa shape index (κ3) is 1.85. The molecule has 0 atom stereocenters. The molecule has 2 nitrogen and oxygen atoms in total. The highest BCUT2D eigenvalue weighted by molar-refractivity contribution is 6.42. The Morgan fingerprint density at radius 2 is 2.09 bits per heavy atom. The molecule has 0 N–H and O–H groups in total. The van der Waals surface area contributed by atoms with Crippen molar-refractivity contribution in [1.29, 1.82) is 0 Å². The van der Waals surface area contributed by atoms with Crippen LogP contribution in [0.4, 0.5) is 0 Å². The van der Waals surface area contributed by atoms with Crippen LogP contribution in [0.2, 0.25) is 10.0 Å². The molecular weight excluding hydrogens is 187 g/mol. The summed E-state index contributed by atoms with van der Waals surface area (Å²) >= 11 is 11.2. The van der Waals surface area contributed by atoms with Gasteiger partial charge in [-0.2, -0.15) is 0 Å². The molecule has 0 spiro atoms. The molecule has 0 bridgehead atoms. The summed E-state index contributed by atoms with van der Waals surface area (Å²) in [6.45, 7) is 1.26. The van der Waals surface area contributed by atoms with E-state index in [9.17, 15) is 4.79 Å². The second-order valence-corrected chi connectivity index (χ2v) is 2.52. The first-order valence-corrected chi connectivity index (χ1v) is 3.49. The first kappa shape index (κ1) is 8.37. The predicted molar refractivity (Wildman–Crippen MR) is 42.8 cm³/mol. The highest BCUT2D eigenvalue weighted by atomic mass is 35.5. The number of halogens is 2. The highest BCUT2D eigenvalue weighted by Gasteiger charge is 2.04. The second-order valence-electron chi connectivity index (χ2n) is 1.74. The summed E-state index contributed by atoms with van der Waals surface area (Å²) in [7, 11) is 0. The quantitative estimate of drug-likeness (QED) is 0.715. The Hall–Kier alpha value is -0.730. The molecule has 0 aromatic heterocycles. The smallest absolute Gasteiger partial charge is 0.416 e. The molecular formula is C7H3Cl2O2. The van der Waals surface area contributed by atoms with Crippen LogP contribution in [0.1, 0.15) is 0 Å². The predicted octanol–water partition coefficient (Wildman–Crippen LogP) is 2.44. The average Bonchev–Trinajstić information content (AvgIpc) is 1.99. The van der Waals surface area contributed by atoms with Crippen molar-refractivity contribution in [1.82, 2.24) is 0 Å². The first-order valence-electron chi connectivity index (χ1n) is 2.73. The molecule has 1 aromatic carbocycles. The fraction of sp³-hybridized carbons (Fsp3) is 0. The van der Waals surface area contributed by atoms with Gasteiger partial charge in [0.15, 0.2) is 5.75 Å². The van der Waals surface area contributed by atoms with Gasteiger partial charge >= 0.3 is 6.47 Å². The molecule has 0 aliphatic carbocycles. The van der Waals surface area contributed by atoms with Crippen LogP contribution in [0, 0.1) is 0 Å². The third-order valence-electron chi connectivity index (χ3n) is 1.07. The number of hydrogen-bond donors (Lipinski definition) is 0. The molecule has 11 heavy (non-hydrogen) atoms. The highest BCUT2D eigenvalue weighted by Crippen LogP contribution is 2.30. The molecule has 1 aromatic rings. The molecule has 0 amide bonds. The maximum atomic E-state index is 9.79. The van der Waals surface area contributed by atoms with Gasteiger partial charge < -0.3 is 4.74 Å². The maximum absolute atomic E-state index is 9.79. The minimum Gasteiger partial charge on any atom is -0.416 e. The molecule has 0 unspecified atom stereocenters. The van der Waals surface area contributed by atoms with Gasteiger partial charge in [0.1, 0.15) is 5.02 Å². The molecule has 0 saturated carbocycles. The summed E-state index contributed by atoms with van der Waals surface area (Å²) in [5.74, 6) is 0.217. The van der Waals surface area contributed by atoms with Crippen LogP contribution in [-0.4, -0.2) is 6.47 Å². The number of rotatable bonds is 2. The number of hydrogen-bond acceptors (Lipinski definition) is 2. The van der Waals surface area contributed by atoms with Crippen molar-refractivity contribution in [2.45, 2.75) is 0 Å². The Morgan fingerprint density at radius 3 is 2.73 bits per heavy atom. The summed E-state index contributed by atoms with van der Waals surface area (Å²) in [4.78, 5) is 9.79. The van der Waals surface area contributed by atoms with Crippen LogP contribution in [0.3, 0.4) is 0 Å². The zero-order chi connectivity index (χ0) is 8.27. The number of ether oxygens (including phenoxy) is 1. The molecule has 57 valence electrons. The van der Waals surface area contributed by atoms with Crippen molar-refractivity contribution < 1.29 is 9.53 Å². The van der Waals surface area contributed by atoms with Crippen LogP contribution in [-0.2, 0) is 4.79 Å². The zero-order valence-electron chi connectivity index (χ0n) is 5.30. The topological polar surface area (TPSA) is 26.3 Å². The van der Waals surface area contributed by atoms with Crippen molar-refractivity contribution in [2.24, 2.45) is 0 Å². The molecule has 1 rings (SSSR count). The summed E-state index contributed by atoms with van der Waals surface area (Å²) in [5.41, 5.74) is 0. The van der Waals surface area contributed by atoms with E-state index in [2.05, 4.69) is 4.74 Å². The summed E-state index contributed by atoms with van der Waals surface area (Å²) in [6, 6.07) is 4.75. The van der Waals surface area contributed by atoms with E-state index in [1.165, 1.54) is 12.5 Å². The summed E-state index contributed by atoms with van der Waals surface area (Å²) < 4.78 is 4.40. The van der Waals surface area contributed by atoms with Gasteiger partial charge in [-0.3, -0.25) is 0 Å². The molecule has 0 heterocycles. The van der Waals surface area contributed by atoms with E-state index in [1.807, 2.05) is 0 Å². The Balaban J connectivity index is 3.05. The van der Waals surface area contributed by atoms with E-state index < -0.39 is 0 Å². The van der Waals surface area contributed by atoms with Gasteiger partial charge in [-0.15, -0.1) is 0 Å². The fourth-order valence-corrected chi connectivity index (χ4v) is 0.938. The van der Waals surface area contributed by atoms with E-state index in [1.54, 1.807) is 12.1 Å². The molecule has 0 aliphatic heterocycles. The van der Waals surface area contributed by atoms with Crippen molar-refractivity contribution in [3.05, 3.63) is 28.2 Å².